The van der Waals surface area contributed by atoms with Crippen LogP contribution in [0.5, 0.6) is 11.5 Å². The zero-order chi connectivity index (χ0) is 22.5. The third kappa shape index (κ3) is 5.11. The number of fused-ring (bicyclic) bond motifs is 1. The van der Waals surface area contributed by atoms with Gasteiger partial charge in [0.1, 0.15) is 23.9 Å². The van der Waals surface area contributed by atoms with Gasteiger partial charge in [0.25, 0.3) is 0 Å². The summed E-state index contributed by atoms with van der Waals surface area (Å²) in [4.78, 5) is 4.78. The molecular weight excluding hydrogens is 410 g/mol. The summed E-state index contributed by atoms with van der Waals surface area (Å²) in [7, 11) is 0. The van der Waals surface area contributed by atoms with Gasteiger partial charge in [-0.3, -0.25) is 0 Å². The van der Waals surface area contributed by atoms with Crippen molar-refractivity contribution in [3.8, 4) is 23.0 Å². The largest absolute Gasteiger partial charge is 0.493 e. The molecule has 33 heavy (non-hydrogen) atoms. The molecule has 1 heterocycles. The molecule has 4 aromatic rings. The van der Waals surface area contributed by atoms with Gasteiger partial charge >= 0.3 is 0 Å². The minimum Gasteiger partial charge on any atom is -0.493 e. The number of aromatic nitrogens is 1. The molecule has 1 aliphatic carbocycles. The third-order valence-corrected chi connectivity index (χ3v) is 6.13. The maximum atomic E-state index is 6.07. The van der Waals surface area contributed by atoms with E-state index in [0.717, 1.165) is 53.3 Å². The fourth-order valence-electron chi connectivity index (χ4n) is 4.32. The van der Waals surface area contributed by atoms with Crippen molar-refractivity contribution >= 4 is 0 Å². The van der Waals surface area contributed by atoms with Gasteiger partial charge in [0, 0.05) is 18.4 Å². The lowest BCUT2D eigenvalue weighted by molar-refractivity contribution is 0.306. The van der Waals surface area contributed by atoms with E-state index in [1.807, 2.05) is 42.5 Å². The van der Waals surface area contributed by atoms with Gasteiger partial charge in [0.05, 0.1) is 12.3 Å². The van der Waals surface area contributed by atoms with Crippen molar-refractivity contribution in [2.24, 2.45) is 0 Å². The van der Waals surface area contributed by atoms with E-state index < -0.39 is 0 Å². The Bertz CT molecular complexity index is 1200. The first kappa shape index (κ1) is 21.3. The molecule has 4 nitrogen and oxygen atoms in total. The van der Waals surface area contributed by atoms with Crippen molar-refractivity contribution < 1.29 is 13.9 Å². The predicted molar refractivity (Wildman–Crippen MR) is 130 cm³/mol. The van der Waals surface area contributed by atoms with Crippen LogP contribution in [0, 0.1) is 0 Å². The van der Waals surface area contributed by atoms with E-state index >= 15 is 0 Å². The van der Waals surface area contributed by atoms with Crippen molar-refractivity contribution in [2.75, 3.05) is 6.61 Å². The Labute approximate surface area is 195 Å². The molecule has 0 fully saturated rings. The quantitative estimate of drug-likeness (QED) is 0.295. The highest BCUT2D eigenvalue weighted by Gasteiger charge is 2.15. The molecule has 0 N–H and O–H groups in total. The maximum Gasteiger partial charge on any atom is 0.226 e. The molecule has 0 aliphatic heterocycles. The summed E-state index contributed by atoms with van der Waals surface area (Å²) in [6.07, 6.45) is 5.13. The monoisotopic (exact) mass is 439 g/mol. The van der Waals surface area contributed by atoms with Gasteiger partial charge in [0.2, 0.25) is 5.89 Å². The summed E-state index contributed by atoms with van der Waals surface area (Å²) in [5.74, 6) is 3.34. The number of aryl methyl sites for hydroxylation is 3. The first-order chi connectivity index (χ1) is 16.3. The van der Waals surface area contributed by atoms with E-state index in [2.05, 4.69) is 37.3 Å². The number of ether oxygens (including phenoxy) is 2. The molecule has 3 aromatic carbocycles. The van der Waals surface area contributed by atoms with E-state index in [9.17, 15) is 0 Å². The zero-order valence-electron chi connectivity index (χ0n) is 19.0. The molecule has 1 aromatic heterocycles. The van der Waals surface area contributed by atoms with E-state index in [4.69, 9.17) is 18.9 Å². The first-order valence-corrected chi connectivity index (χ1v) is 11.8. The fourth-order valence-corrected chi connectivity index (χ4v) is 4.32. The summed E-state index contributed by atoms with van der Waals surface area (Å²) in [5.41, 5.74) is 5.96. The highest BCUT2D eigenvalue weighted by Crippen LogP contribution is 2.27. The molecule has 0 unspecified atom stereocenters. The van der Waals surface area contributed by atoms with Crippen LogP contribution in [0.3, 0.4) is 0 Å². The molecular formula is C29H29NO3. The second-order valence-electron chi connectivity index (χ2n) is 8.42. The summed E-state index contributed by atoms with van der Waals surface area (Å²) in [6, 6.07) is 24.6. The molecule has 5 rings (SSSR count). The van der Waals surface area contributed by atoms with Gasteiger partial charge in [-0.25, -0.2) is 4.98 Å². The molecule has 1 aliphatic rings. The molecule has 0 amide bonds. The summed E-state index contributed by atoms with van der Waals surface area (Å²) in [6.45, 7) is 3.23. The highest BCUT2D eigenvalue weighted by molar-refractivity contribution is 5.55. The molecule has 0 radical (unpaired) electrons. The molecule has 4 heteroatoms. The van der Waals surface area contributed by atoms with Crippen LogP contribution in [-0.2, 0) is 32.3 Å². The van der Waals surface area contributed by atoms with E-state index in [0.29, 0.717) is 19.1 Å². The van der Waals surface area contributed by atoms with Crippen molar-refractivity contribution in [1.29, 1.82) is 0 Å². The van der Waals surface area contributed by atoms with Crippen molar-refractivity contribution in [2.45, 2.75) is 45.6 Å². The van der Waals surface area contributed by atoms with Gasteiger partial charge in [-0.1, -0.05) is 43.3 Å². The van der Waals surface area contributed by atoms with E-state index in [1.165, 1.54) is 24.0 Å². The summed E-state index contributed by atoms with van der Waals surface area (Å²) >= 11 is 0. The van der Waals surface area contributed by atoms with Crippen LogP contribution in [0.2, 0.25) is 0 Å². The molecule has 168 valence electrons. The normalized spacial score (nSPS) is 12.5. The van der Waals surface area contributed by atoms with Crippen molar-refractivity contribution in [1.82, 2.24) is 4.98 Å². The molecule has 0 atom stereocenters. The molecule has 0 saturated heterocycles. The van der Waals surface area contributed by atoms with E-state index in [-0.39, 0.29) is 0 Å². The number of nitrogens with zero attached hydrogens (tertiary/aromatic N) is 1. The third-order valence-electron chi connectivity index (χ3n) is 6.13. The topological polar surface area (TPSA) is 44.5 Å². The Morgan fingerprint density at radius 3 is 2.45 bits per heavy atom. The van der Waals surface area contributed by atoms with Gasteiger partial charge < -0.3 is 13.9 Å². The van der Waals surface area contributed by atoms with Crippen LogP contribution in [0.15, 0.2) is 77.2 Å². The fraction of sp³-hybridized carbons (Fsp3) is 0.276. The standard InChI is InChI=1S/C29H29NO3/c1-2-28-27(17-18-31-26-16-11-22-9-6-10-24(22)19-26)30-29(33-28)23-12-14-25(15-13-23)32-20-21-7-4-3-5-8-21/h3-5,7-8,11-16,19H,2,6,9-10,17-18,20H2,1H3. The van der Waals surface area contributed by atoms with Crippen LogP contribution < -0.4 is 9.47 Å². The Balaban J connectivity index is 1.20. The number of hydrogen-bond acceptors (Lipinski definition) is 4. The number of rotatable bonds is 9. The zero-order valence-corrected chi connectivity index (χ0v) is 19.0. The lowest BCUT2D eigenvalue weighted by Gasteiger charge is -2.07. The Morgan fingerprint density at radius 2 is 1.64 bits per heavy atom. The number of benzene rings is 3. The molecule has 0 bridgehead atoms. The lowest BCUT2D eigenvalue weighted by Crippen LogP contribution is -2.04. The number of oxazole rings is 1. The highest BCUT2D eigenvalue weighted by atomic mass is 16.5. The second kappa shape index (κ2) is 9.95. The summed E-state index contributed by atoms with van der Waals surface area (Å²) < 4.78 is 18.0. The lowest BCUT2D eigenvalue weighted by atomic mass is 10.1. The van der Waals surface area contributed by atoms with Crippen LogP contribution in [-0.4, -0.2) is 11.6 Å². The van der Waals surface area contributed by atoms with Crippen LogP contribution in [0.25, 0.3) is 11.5 Å². The SMILES string of the molecule is CCc1oc(-c2ccc(OCc3ccccc3)cc2)nc1CCOc1ccc2c(c1)CCC2. The average molecular weight is 440 g/mol. The van der Waals surface area contributed by atoms with Crippen LogP contribution in [0.4, 0.5) is 0 Å². The number of hydrogen-bond donors (Lipinski definition) is 0. The minimum absolute atomic E-state index is 0.549. The smallest absolute Gasteiger partial charge is 0.226 e. The van der Waals surface area contributed by atoms with Crippen LogP contribution >= 0.6 is 0 Å². The Morgan fingerprint density at radius 1 is 0.848 bits per heavy atom. The average Bonchev–Trinajstić information content (AvgIpc) is 3.50. The van der Waals surface area contributed by atoms with E-state index in [1.54, 1.807) is 0 Å². The second-order valence-corrected chi connectivity index (χ2v) is 8.42. The predicted octanol–water partition coefficient (Wildman–Crippen LogP) is 6.59. The molecule has 0 saturated carbocycles. The van der Waals surface area contributed by atoms with Crippen LogP contribution in [0.1, 0.15) is 41.5 Å². The molecule has 0 spiro atoms. The van der Waals surface area contributed by atoms with Gasteiger partial charge in [-0.2, -0.15) is 0 Å². The van der Waals surface area contributed by atoms with Gasteiger partial charge in [0.15, 0.2) is 0 Å². The van der Waals surface area contributed by atoms with Crippen molar-refractivity contribution in [3.05, 3.63) is 101 Å². The minimum atomic E-state index is 0.549. The Hall–Kier alpha value is -3.53. The summed E-state index contributed by atoms with van der Waals surface area (Å²) in [5, 5.41) is 0. The first-order valence-electron chi connectivity index (χ1n) is 11.8. The Kier molecular flexibility index (Phi) is 6.43. The van der Waals surface area contributed by atoms with Crippen molar-refractivity contribution in [3.63, 3.8) is 0 Å². The van der Waals surface area contributed by atoms with Gasteiger partial charge in [-0.05, 0) is 72.4 Å². The maximum absolute atomic E-state index is 6.07. The van der Waals surface area contributed by atoms with Gasteiger partial charge in [-0.15, -0.1) is 0 Å².